The fourth-order valence-corrected chi connectivity index (χ4v) is 5.14. The van der Waals surface area contributed by atoms with E-state index in [0.717, 1.165) is 61.8 Å². The third kappa shape index (κ3) is 4.70. The summed E-state index contributed by atoms with van der Waals surface area (Å²) in [6.45, 7) is 3.87. The van der Waals surface area contributed by atoms with Crippen molar-refractivity contribution < 1.29 is 19.0 Å². The van der Waals surface area contributed by atoms with Crippen molar-refractivity contribution in [3.8, 4) is 17.4 Å². The van der Waals surface area contributed by atoms with Crippen LogP contribution in [0.5, 0.6) is 17.4 Å². The number of imidazole rings is 1. The van der Waals surface area contributed by atoms with Gasteiger partial charge in [0, 0.05) is 13.0 Å². The number of aromatic hydroxyl groups is 1. The van der Waals surface area contributed by atoms with E-state index in [9.17, 15) is 9.50 Å². The van der Waals surface area contributed by atoms with Gasteiger partial charge in [-0.05, 0) is 61.7 Å². The van der Waals surface area contributed by atoms with Gasteiger partial charge in [-0.2, -0.15) is 4.98 Å². The summed E-state index contributed by atoms with van der Waals surface area (Å²) >= 11 is 0. The Morgan fingerprint density at radius 2 is 1.78 bits per heavy atom. The fourth-order valence-electron chi connectivity index (χ4n) is 5.14. The molecule has 0 aliphatic carbocycles. The van der Waals surface area contributed by atoms with Crippen LogP contribution in [0.3, 0.4) is 0 Å². The molecule has 1 atom stereocenters. The molecule has 1 N–H and O–H groups in total. The molecular formula is C27H28FN5O3. The molecule has 186 valence electrons. The van der Waals surface area contributed by atoms with Gasteiger partial charge in [-0.1, -0.05) is 24.3 Å². The highest BCUT2D eigenvalue weighted by Gasteiger charge is 2.27. The molecule has 8 nitrogen and oxygen atoms in total. The molecule has 2 aliphatic heterocycles. The Kier molecular flexibility index (Phi) is 6.14. The average molecular weight is 490 g/mol. The van der Waals surface area contributed by atoms with E-state index in [1.807, 2.05) is 28.8 Å². The van der Waals surface area contributed by atoms with Gasteiger partial charge in [-0.15, -0.1) is 0 Å². The summed E-state index contributed by atoms with van der Waals surface area (Å²) in [5.41, 5.74) is 1.94. The predicted molar refractivity (Wildman–Crippen MR) is 132 cm³/mol. The van der Waals surface area contributed by atoms with Crippen LogP contribution >= 0.6 is 0 Å². The van der Waals surface area contributed by atoms with E-state index in [4.69, 9.17) is 14.5 Å². The summed E-state index contributed by atoms with van der Waals surface area (Å²) in [4.78, 5) is 15.4. The Balaban J connectivity index is 1.12. The predicted octanol–water partition coefficient (Wildman–Crippen LogP) is 3.81. The number of likely N-dealkylation sites (tertiary alicyclic amines) is 1. The first kappa shape index (κ1) is 22.7. The van der Waals surface area contributed by atoms with E-state index in [-0.39, 0.29) is 17.8 Å². The smallest absolute Gasteiger partial charge is 0.242 e. The van der Waals surface area contributed by atoms with Crippen LogP contribution in [0.2, 0.25) is 0 Å². The van der Waals surface area contributed by atoms with E-state index in [0.29, 0.717) is 30.2 Å². The summed E-state index contributed by atoms with van der Waals surface area (Å²) in [5, 5.41) is 10.3. The molecule has 1 unspecified atom stereocenters. The van der Waals surface area contributed by atoms with Gasteiger partial charge in [0.1, 0.15) is 30.7 Å². The number of aromatic nitrogens is 4. The van der Waals surface area contributed by atoms with Crippen LogP contribution in [-0.2, 0) is 13.0 Å². The number of rotatable bonds is 6. The van der Waals surface area contributed by atoms with Gasteiger partial charge >= 0.3 is 0 Å². The lowest BCUT2D eigenvalue weighted by atomic mass is 9.93. The van der Waals surface area contributed by atoms with E-state index in [1.165, 1.54) is 18.5 Å². The second-order valence-corrected chi connectivity index (χ2v) is 9.56. The number of ether oxygens (including phenoxy) is 2. The van der Waals surface area contributed by atoms with Crippen molar-refractivity contribution >= 4 is 11.2 Å². The third-order valence-corrected chi connectivity index (χ3v) is 7.05. The number of benzene rings is 2. The highest BCUT2D eigenvalue weighted by molar-refractivity contribution is 5.76. The van der Waals surface area contributed by atoms with E-state index >= 15 is 0 Å². The van der Waals surface area contributed by atoms with Crippen molar-refractivity contribution in [1.82, 2.24) is 24.4 Å². The SMILES string of the molecule is Oc1ncnc2c1nc(CC1CCN(CC3COc4ccccc4O3)CC1)n2Cc1ccc(F)cc1. The van der Waals surface area contributed by atoms with E-state index < -0.39 is 0 Å². The van der Waals surface area contributed by atoms with Crippen LogP contribution in [0.15, 0.2) is 54.9 Å². The third-order valence-electron chi connectivity index (χ3n) is 7.05. The number of hydrogen-bond donors (Lipinski definition) is 1. The molecule has 0 saturated carbocycles. The fraction of sp³-hybridized carbons (Fsp3) is 0.370. The molecule has 2 aromatic carbocycles. The minimum Gasteiger partial charge on any atom is -0.492 e. The summed E-state index contributed by atoms with van der Waals surface area (Å²) < 4.78 is 27.4. The lowest BCUT2D eigenvalue weighted by molar-refractivity contribution is 0.0476. The monoisotopic (exact) mass is 489 g/mol. The van der Waals surface area contributed by atoms with Crippen molar-refractivity contribution in [2.75, 3.05) is 26.2 Å². The van der Waals surface area contributed by atoms with Crippen LogP contribution in [0, 0.1) is 11.7 Å². The summed E-state index contributed by atoms with van der Waals surface area (Å²) in [6, 6.07) is 14.2. The van der Waals surface area contributed by atoms with Gasteiger partial charge in [0.15, 0.2) is 22.7 Å². The Hall–Kier alpha value is -3.72. The normalized spacial score (nSPS) is 18.5. The van der Waals surface area contributed by atoms with Crippen molar-refractivity contribution in [1.29, 1.82) is 0 Å². The molecule has 9 heteroatoms. The zero-order chi connectivity index (χ0) is 24.5. The number of piperidine rings is 1. The quantitative estimate of drug-likeness (QED) is 0.441. The maximum atomic E-state index is 13.4. The van der Waals surface area contributed by atoms with Crippen LogP contribution in [-0.4, -0.2) is 61.9 Å². The number of nitrogens with zero attached hydrogens (tertiary/aromatic N) is 5. The zero-order valence-corrected chi connectivity index (χ0v) is 19.9. The number of halogens is 1. The molecule has 0 bridgehead atoms. The first-order valence-electron chi connectivity index (χ1n) is 12.4. The van der Waals surface area contributed by atoms with Crippen LogP contribution in [0.1, 0.15) is 24.2 Å². The van der Waals surface area contributed by atoms with E-state index in [2.05, 4.69) is 14.9 Å². The van der Waals surface area contributed by atoms with Gasteiger partial charge in [0.25, 0.3) is 0 Å². The molecule has 0 spiro atoms. The summed E-state index contributed by atoms with van der Waals surface area (Å²) in [7, 11) is 0. The largest absolute Gasteiger partial charge is 0.492 e. The van der Waals surface area contributed by atoms with Crippen molar-refractivity contribution in [3.05, 3.63) is 72.1 Å². The Labute approximate surface area is 208 Å². The molecule has 6 rings (SSSR count). The Morgan fingerprint density at radius 3 is 2.58 bits per heavy atom. The molecule has 4 aromatic rings. The summed E-state index contributed by atoms with van der Waals surface area (Å²) in [5.74, 6) is 2.57. The van der Waals surface area contributed by atoms with Crippen LogP contribution in [0.4, 0.5) is 4.39 Å². The number of hydrogen-bond acceptors (Lipinski definition) is 7. The van der Waals surface area contributed by atoms with Gasteiger partial charge in [-0.3, -0.25) is 4.90 Å². The zero-order valence-electron chi connectivity index (χ0n) is 19.9. The minimum absolute atomic E-state index is 0.0258. The number of fused-ring (bicyclic) bond motifs is 2. The first-order valence-corrected chi connectivity index (χ1v) is 12.4. The van der Waals surface area contributed by atoms with Gasteiger partial charge in [0.2, 0.25) is 5.88 Å². The second-order valence-electron chi connectivity index (χ2n) is 9.56. The summed E-state index contributed by atoms with van der Waals surface area (Å²) in [6.07, 6.45) is 4.24. The van der Waals surface area contributed by atoms with Gasteiger partial charge in [0.05, 0.1) is 6.54 Å². The average Bonchev–Trinajstić information content (AvgIpc) is 3.24. The molecule has 4 heterocycles. The lowest BCUT2D eigenvalue weighted by Crippen LogP contribution is -2.44. The highest BCUT2D eigenvalue weighted by atomic mass is 19.1. The standard InChI is InChI=1S/C27H28FN5O3/c28-20-7-5-19(6-8-20)14-33-24(31-25-26(33)29-17-30-27(25)34)13-18-9-11-32(12-10-18)15-21-16-35-22-3-1-2-4-23(22)36-21/h1-8,17-18,21H,9-16H2,(H,29,30,34). The van der Waals surface area contributed by atoms with Crippen molar-refractivity contribution in [2.45, 2.75) is 31.9 Å². The molecule has 36 heavy (non-hydrogen) atoms. The Bertz CT molecular complexity index is 1350. The van der Waals surface area contributed by atoms with Crippen LogP contribution < -0.4 is 9.47 Å². The highest BCUT2D eigenvalue weighted by Crippen LogP contribution is 2.32. The first-order chi connectivity index (χ1) is 17.6. The second kappa shape index (κ2) is 9.73. The van der Waals surface area contributed by atoms with E-state index in [1.54, 1.807) is 12.1 Å². The topological polar surface area (TPSA) is 85.5 Å². The molecule has 1 fully saturated rings. The molecule has 0 amide bonds. The Morgan fingerprint density at radius 1 is 1.00 bits per heavy atom. The number of para-hydroxylation sites is 2. The molecule has 0 radical (unpaired) electrons. The molecule has 1 saturated heterocycles. The van der Waals surface area contributed by atoms with Crippen molar-refractivity contribution in [2.24, 2.45) is 5.92 Å². The van der Waals surface area contributed by atoms with Gasteiger partial charge in [-0.25, -0.2) is 14.4 Å². The molecular weight excluding hydrogens is 461 g/mol. The van der Waals surface area contributed by atoms with Gasteiger partial charge < -0.3 is 19.1 Å². The maximum absolute atomic E-state index is 13.4. The molecule has 2 aliphatic rings. The van der Waals surface area contributed by atoms with Crippen LogP contribution in [0.25, 0.3) is 11.2 Å². The minimum atomic E-state index is -0.268. The lowest BCUT2D eigenvalue weighted by Gasteiger charge is -2.35. The maximum Gasteiger partial charge on any atom is 0.242 e. The molecule has 2 aromatic heterocycles. The van der Waals surface area contributed by atoms with Crippen molar-refractivity contribution in [3.63, 3.8) is 0 Å².